The fourth-order valence-electron chi connectivity index (χ4n) is 2.19. The number of benzene rings is 1. The van der Waals surface area contributed by atoms with Gasteiger partial charge in [-0.25, -0.2) is 0 Å². The standard InChI is InChI=1S/C16H17NO4/c1-10(18)12-6-7-13(17(2)16(12)19)11-5-8-14(20-3)15(9-11)21-4/h5-9H,1-4H3. The minimum absolute atomic E-state index is 0.182. The zero-order valence-corrected chi connectivity index (χ0v) is 12.5. The van der Waals surface area contributed by atoms with Gasteiger partial charge in [0, 0.05) is 12.6 Å². The van der Waals surface area contributed by atoms with Crippen molar-refractivity contribution in [2.75, 3.05) is 14.2 Å². The second-order valence-electron chi connectivity index (χ2n) is 4.62. The van der Waals surface area contributed by atoms with E-state index in [1.807, 2.05) is 6.07 Å². The van der Waals surface area contributed by atoms with Gasteiger partial charge in [-0.1, -0.05) is 0 Å². The summed E-state index contributed by atoms with van der Waals surface area (Å²) in [5, 5.41) is 0. The van der Waals surface area contributed by atoms with Crippen LogP contribution < -0.4 is 15.0 Å². The fourth-order valence-corrected chi connectivity index (χ4v) is 2.19. The first-order chi connectivity index (χ1) is 9.99. The lowest BCUT2D eigenvalue weighted by molar-refractivity contribution is 0.101. The zero-order chi connectivity index (χ0) is 15.6. The summed E-state index contributed by atoms with van der Waals surface area (Å²) in [7, 11) is 4.76. The molecule has 0 spiro atoms. The van der Waals surface area contributed by atoms with Gasteiger partial charge in [0.2, 0.25) is 0 Å². The van der Waals surface area contributed by atoms with E-state index in [1.54, 1.807) is 45.5 Å². The number of pyridine rings is 1. The van der Waals surface area contributed by atoms with Crippen molar-refractivity contribution in [3.8, 4) is 22.8 Å². The van der Waals surface area contributed by atoms with Crippen molar-refractivity contribution < 1.29 is 14.3 Å². The molecule has 0 bridgehead atoms. The van der Waals surface area contributed by atoms with E-state index in [0.717, 1.165) is 5.56 Å². The van der Waals surface area contributed by atoms with Crippen molar-refractivity contribution in [2.24, 2.45) is 7.05 Å². The first kappa shape index (κ1) is 14.8. The third-order valence-corrected chi connectivity index (χ3v) is 3.36. The summed E-state index contributed by atoms with van der Waals surface area (Å²) in [6, 6.07) is 8.71. The zero-order valence-electron chi connectivity index (χ0n) is 12.5. The van der Waals surface area contributed by atoms with E-state index in [4.69, 9.17) is 9.47 Å². The van der Waals surface area contributed by atoms with E-state index in [2.05, 4.69) is 0 Å². The lowest BCUT2D eigenvalue weighted by Gasteiger charge is -2.12. The van der Waals surface area contributed by atoms with Crippen molar-refractivity contribution in [3.63, 3.8) is 0 Å². The number of carbonyl (C=O) groups is 1. The van der Waals surface area contributed by atoms with Gasteiger partial charge in [0.1, 0.15) is 0 Å². The number of ketones is 1. The molecule has 5 nitrogen and oxygen atoms in total. The highest BCUT2D eigenvalue weighted by Crippen LogP contribution is 2.31. The number of hydrogen-bond donors (Lipinski definition) is 0. The summed E-state index contributed by atoms with van der Waals surface area (Å²) in [5.41, 5.74) is 1.38. The number of methoxy groups -OCH3 is 2. The van der Waals surface area contributed by atoms with Crippen LogP contribution in [0.15, 0.2) is 35.1 Å². The topological polar surface area (TPSA) is 57.5 Å². The highest BCUT2D eigenvalue weighted by Gasteiger charge is 2.12. The minimum Gasteiger partial charge on any atom is -0.493 e. The van der Waals surface area contributed by atoms with E-state index >= 15 is 0 Å². The lowest BCUT2D eigenvalue weighted by atomic mass is 10.1. The van der Waals surface area contributed by atoms with Gasteiger partial charge in [-0.3, -0.25) is 9.59 Å². The van der Waals surface area contributed by atoms with E-state index in [-0.39, 0.29) is 16.9 Å². The number of Topliss-reactive ketones (excluding diaryl/α,β-unsaturated/α-hetero) is 1. The van der Waals surface area contributed by atoms with Crippen LogP contribution in [-0.2, 0) is 7.05 Å². The maximum Gasteiger partial charge on any atom is 0.261 e. The predicted molar refractivity (Wildman–Crippen MR) is 80.2 cm³/mol. The summed E-state index contributed by atoms with van der Waals surface area (Å²) in [4.78, 5) is 23.6. The summed E-state index contributed by atoms with van der Waals surface area (Å²) in [6.07, 6.45) is 0. The van der Waals surface area contributed by atoms with Crippen molar-refractivity contribution in [3.05, 3.63) is 46.2 Å². The normalized spacial score (nSPS) is 10.3. The molecule has 1 aromatic carbocycles. The van der Waals surface area contributed by atoms with E-state index in [1.165, 1.54) is 11.5 Å². The summed E-state index contributed by atoms with van der Waals surface area (Å²) >= 11 is 0. The van der Waals surface area contributed by atoms with Crippen LogP contribution in [0.25, 0.3) is 11.3 Å². The van der Waals surface area contributed by atoms with Crippen molar-refractivity contribution >= 4 is 5.78 Å². The highest BCUT2D eigenvalue weighted by molar-refractivity contribution is 5.94. The Labute approximate surface area is 122 Å². The fraction of sp³-hybridized carbons (Fsp3) is 0.250. The molecule has 0 saturated heterocycles. The van der Waals surface area contributed by atoms with E-state index in [0.29, 0.717) is 17.2 Å². The Kier molecular flexibility index (Phi) is 4.12. The van der Waals surface area contributed by atoms with Gasteiger partial charge in [0.15, 0.2) is 17.3 Å². The van der Waals surface area contributed by atoms with Gasteiger partial charge in [0.05, 0.1) is 25.5 Å². The van der Waals surface area contributed by atoms with Crippen LogP contribution >= 0.6 is 0 Å². The Morgan fingerprint density at radius 1 is 1.05 bits per heavy atom. The molecule has 1 aromatic heterocycles. The van der Waals surface area contributed by atoms with Crippen LogP contribution in [0.3, 0.4) is 0 Å². The third-order valence-electron chi connectivity index (χ3n) is 3.36. The highest BCUT2D eigenvalue weighted by atomic mass is 16.5. The van der Waals surface area contributed by atoms with Gasteiger partial charge in [-0.2, -0.15) is 0 Å². The monoisotopic (exact) mass is 287 g/mol. The molecule has 0 radical (unpaired) electrons. The maximum absolute atomic E-state index is 12.2. The summed E-state index contributed by atoms with van der Waals surface area (Å²) in [6.45, 7) is 1.38. The number of hydrogen-bond acceptors (Lipinski definition) is 4. The first-order valence-electron chi connectivity index (χ1n) is 6.43. The molecular formula is C16H17NO4. The van der Waals surface area contributed by atoms with Gasteiger partial charge < -0.3 is 14.0 Å². The quantitative estimate of drug-likeness (QED) is 0.809. The second-order valence-corrected chi connectivity index (χ2v) is 4.62. The van der Waals surface area contributed by atoms with Crippen LogP contribution in [0.4, 0.5) is 0 Å². The Morgan fingerprint density at radius 3 is 2.29 bits per heavy atom. The third kappa shape index (κ3) is 2.67. The van der Waals surface area contributed by atoms with Gasteiger partial charge in [0.25, 0.3) is 5.56 Å². The van der Waals surface area contributed by atoms with Gasteiger partial charge >= 0.3 is 0 Å². The Balaban J connectivity index is 2.60. The molecule has 0 aliphatic carbocycles. The number of nitrogens with zero attached hydrogens (tertiary/aromatic N) is 1. The molecule has 0 N–H and O–H groups in total. The van der Waals surface area contributed by atoms with Crippen molar-refractivity contribution in [2.45, 2.75) is 6.92 Å². The second kappa shape index (κ2) is 5.83. The summed E-state index contributed by atoms with van der Waals surface area (Å²) < 4.78 is 11.9. The maximum atomic E-state index is 12.2. The lowest BCUT2D eigenvalue weighted by Crippen LogP contribution is -2.24. The van der Waals surface area contributed by atoms with Crippen LogP contribution in [0.1, 0.15) is 17.3 Å². The molecule has 1 heterocycles. The van der Waals surface area contributed by atoms with Crippen LogP contribution in [-0.4, -0.2) is 24.6 Å². The number of aromatic nitrogens is 1. The molecule has 0 atom stereocenters. The first-order valence-corrected chi connectivity index (χ1v) is 6.43. The molecule has 2 aromatic rings. The molecule has 0 aliphatic heterocycles. The van der Waals surface area contributed by atoms with Crippen LogP contribution in [0.2, 0.25) is 0 Å². The van der Waals surface area contributed by atoms with Crippen LogP contribution in [0, 0.1) is 0 Å². The average molecular weight is 287 g/mol. The Bertz CT molecular complexity index is 746. The molecule has 21 heavy (non-hydrogen) atoms. The molecule has 0 saturated carbocycles. The Hall–Kier alpha value is -2.56. The van der Waals surface area contributed by atoms with Crippen LogP contribution in [0.5, 0.6) is 11.5 Å². The van der Waals surface area contributed by atoms with E-state index in [9.17, 15) is 9.59 Å². The molecule has 0 unspecified atom stereocenters. The number of carbonyl (C=O) groups excluding carboxylic acids is 1. The number of ether oxygens (including phenoxy) is 2. The van der Waals surface area contributed by atoms with Gasteiger partial charge in [-0.15, -0.1) is 0 Å². The molecule has 5 heteroatoms. The minimum atomic E-state index is -0.310. The average Bonchev–Trinajstić information content (AvgIpc) is 2.48. The van der Waals surface area contributed by atoms with Crippen molar-refractivity contribution in [1.82, 2.24) is 4.57 Å². The molecular weight excluding hydrogens is 270 g/mol. The largest absolute Gasteiger partial charge is 0.493 e. The number of rotatable bonds is 4. The van der Waals surface area contributed by atoms with Crippen molar-refractivity contribution in [1.29, 1.82) is 0 Å². The molecule has 110 valence electrons. The smallest absolute Gasteiger partial charge is 0.261 e. The summed E-state index contributed by atoms with van der Waals surface area (Å²) in [5.74, 6) is 0.958. The molecule has 0 fully saturated rings. The molecule has 2 rings (SSSR count). The SMILES string of the molecule is COc1ccc(-c2ccc(C(C)=O)c(=O)n2C)cc1OC. The van der Waals surface area contributed by atoms with E-state index < -0.39 is 0 Å². The predicted octanol–water partition coefficient (Wildman–Crippen LogP) is 2.27. The van der Waals surface area contributed by atoms with Gasteiger partial charge in [-0.05, 0) is 37.3 Å². The molecule has 0 aliphatic rings. The molecule has 0 amide bonds. The Morgan fingerprint density at radius 2 is 1.71 bits per heavy atom.